The molecule has 0 spiro atoms. The Balaban J connectivity index is 1.65. The summed E-state index contributed by atoms with van der Waals surface area (Å²) < 4.78 is 3.63. The van der Waals surface area contributed by atoms with Gasteiger partial charge in [-0.2, -0.15) is 5.10 Å². The van der Waals surface area contributed by atoms with E-state index < -0.39 is 0 Å². The Bertz CT molecular complexity index is 843. The van der Waals surface area contributed by atoms with Crippen LogP contribution in [-0.2, 0) is 6.54 Å². The summed E-state index contributed by atoms with van der Waals surface area (Å²) in [5, 5.41) is 7.50. The number of aromatic nitrogens is 4. The van der Waals surface area contributed by atoms with Gasteiger partial charge in [0.05, 0.1) is 5.69 Å². The van der Waals surface area contributed by atoms with Crippen LogP contribution in [0.1, 0.15) is 41.9 Å². The van der Waals surface area contributed by atoms with Crippen LogP contribution in [0.2, 0.25) is 0 Å². The van der Waals surface area contributed by atoms with E-state index >= 15 is 0 Å². The van der Waals surface area contributed by atoms with Crippen molar-refractivity contribution in [2.24, 2.45) is 0 Å². The number of carbonyl (C=O) groups excluding carboxylic acids is 1. The van der Waals surface area contributed by atoms with Crippen LogP contribution in [0.25, 0.3) is 5.65 Å². The second-order valence-electron chi connectivity index (χ2n) is 5.57. The Morgan fingerprint density at radius 2 is 2.27 bits per heavy atom. The van der Waals surface area contributed by atoms with Crippen LogP contribution in [0.5, 0.6) is 0 Å². The number of nitrogens with zero attached hydrogens (tertiary/aromatic N) is 4. The van der Waals surface area contributed by atoms with Crippen molar-refractivity contribution in [1.82, 2.24) is 19.2 Å². The molecule has 0 atom stereocenters. The third-order valence-electron chi connectivity index (χ3n) is 4.00. The molecule has 1 amide bonds. The van der Waals surface area contributed by atoms with Crippen molar-refractivity contribution in [3.05, 3.63) is 48.0 Å². The molecule has 1 aliphatic carbocycles. The molecule has 0 bridgehead atoms. The fourth-order valence-corrected chi connectivity index (χ4v) is 2.67. The van der Waals surface area contributed by atoms with E-state index in [1.165, 1.54) is 12.8 Å². The van der Waals surface area contributed by atoms with Crippen LogP contribution in [0.3, 0.4) is 0 Å². The maximum atomic E-state index is 12.6. The number of hydrogen-bond donors (Lipinski definition) is 1. The van der Waals surface area contributed by atoms with Gasteiger partial charge in [0.25, 0.3) is 5.91 Å². The summed E-state index contributed by atoms with van der Waals surface area (Å²) in [4.78, 5) is 16.8. The fourth-order valence-electron chi connectivity index (χ4n) is 2.67. The highest BCUT2D eigenvalue weighted by Gasteiger charge is 2.28. The Morgan fingerprint density at radius 1 is 1.41 bits per heavy atom. The summed E-state index contributed by atoms with van der Waals surface area (Å²) in [6.07, 6.45) is 5.90. The van der Waals surface area contributed by atoms with Crippen molar-refractivity contribution in [2.45, 2.75) is 32.2 Å². The molecule has 6 heteroatoms. The van der Waals surface area contributed by atoms with E-state index in [0.717, 1.165) is 11.3 Å². The quantitative estimate of drug-likeness (QED) is 0.805. The van der Waals surface area contributed by atoms with Gasteiger partial charge in [0.2, 0.25) is 0 Å². The number of fused-ring (bicyclic) bond motifs is 1. The summed E-state index contributed by atoms with van der Waals surface area (Å²) in [5.41, 5.74) is 2.45. The van der Waals surface area contributed by atoms with E-state index in [2.05, 4.69) is 15.4 Å². The van der Waals surface area contributed by atoms with Crippen LogP contribution >= 0.6 is 0 Å². The van der Waals surface area contributed by atoms with Crippen LogP contribution < -0.4 is 5.32 Å². The molecule has 112 valence electrons. The highest BCUT2D eigenvalue weighted by atomic mass is 16.2. The lowest BCUT2D eigenvalue weighted by Crippen LogP contribution is -2.18. The molecule has 22 heavy (non-hydrogen) atoms. The van der Waals surface area contributed by atoms with Crippen molar-refractivity contribution in [3.63, 3.8) is 0 Å². The van der Waals surface area contributed by atoms with Crippen LogP contribution in [0, 0.1) is 0 Å². The number of pyridine rings is 1. The van der Waals surface area contributed by atoms with Gasteiger partial charge < -0.3 is 5.32 Å². The Kier molecular flexibility index (Phi) is 2.96. The Morgan fingerprint density at radius 3 is 3.05 bits per heavy atom. The van der Waals surface area contributed by atoms with E-state index in [-0.39, 0.29) is 5.91 Å². The molecule has 6 nitrogen and oxygen atoms in total. The fraction of sp³-hybridized carbons (Fsp3) is 0.312. The van der Waals surface area contributed by atoms with E-state index in [9.17, 15) is 4.79 Å². The SMILES string of the molecule is CCn1nc(C2CC2)cc1C(=O)Nc1cccc2nccn12. The van der Waals surface area contributed by atoms with E-state index in [1.807, 2.05) is 41.8 Å². The molecule has 1 N–H and O–H groups in total. The van der Waals surface area contributed by atoms with Crippen LogP contribution in [-0.4, -0.2) is 25.1 Å². The first kappa shape index (κ1) is 13.1. The normalized spacial score (nSPS) is 14.4. The van der Waals surface area contributed by atoms with Gasteiger partial charge in [-0.15, -0.1) is 0 Å². The average molecular weight is 295 g/mol. The average Bonchev–Trinajstić information content (AvgIpc) is 3.11. The minimum absolute atomic E-state index is 0.137. The number of anilines is 1. The lowest BCUT2D eigenvalue weighted by molar-refractivity contribution is 0.101. The maximum absolute atomic E-state index is 12.6. The second-order valence-corrected chi connectivity index (χ2v) is 5.57. The number of rotatable bonds is 4. The third kappa shape index (κ3) is 2.16. The standard InChI is InChI=1S/C16H17N5O/c1-2-21-13(10-12(19-21)11-6-7-11)16(22)18-15-5-3-4-14-17-8-9-20(14)15/h3-5,8-11H,2,6-7H2,1H3,(H,18,22). The monoisotopic (exact) mass is 295 g/mol. The zero-order valence-corrected chi connectivity index (χ0v) is 12.4. The van der Waals surface area contributed by atoms with Gasteiger partial charge in [0.15, 0.2) is 0 Å². The molecular weight excluding hydrogens is 278 g/mol. The second kappa shape index (κ2) is 4.98. The van der Waals surface area contributed by atoms with E-state index in [1.54, 1.807) is 10.9 Å². The zero-order valence-electron chi connectivity index (χ0n) is 12.4. The van der Waals surface area contributed by atoms with Gasteiger partial charge in [-0.25, -0.2) is 4.98 Å². The molecule has 3 aromatic rings. The predicted molar refractivity (Wildman–Crippen MR) is 83.0 cm³/mol. The largest absolute Gasteiger partial charge is 0.306 e. The zero-order chi connectivity index (χ0) is 15.1. The van der Waals surface area contributed by atoms with Gasteiger partial charge in [-0.1, -0.05) is 6.07 Å². The molecule has 1 aliphatic rings. The first-order valence-corrected chi connectivity index (χ1v) is 7.57. The summed E-state index contributed by atoms with van der Waals surface area (Å²) in [6, 6.07) is 7.56. The molecule has 1 saturated carbocycles. The Hall–Kier alpha value is -2.63. The summed E-state index contributed by atoms with van der Waals surface area (Å²) in [5.74, 6) is 1.11. The topological polar surface area (TPSA) is 64.2 Å². The van der Waals surface area contributed by atoms with Crippen LogP contribution in [0.4, 0.5) is 5.82 Å². The van der Waals surface area contributed by atoms with Crippen molar-refractivity contribution >= 4 is 17.4 Å². The minimum Gasteiger partial charge on any atom is -0.306 e. The molecule has 3 aromatic heterocycles. The van der Waals surface area contributed by atoms with Crippen molar-refractivity contribution in [3.8, 4) is 0 Å². The minimum atomic E-state index is -0.137. The first-order chi connectivity index (χ1) is 10.8. The van der Waals surface area contributed by atoms with E-state index in [4.69, 9.17) is 0 Å². The molecule has 0 radical (unpaired) electrons. The summed E-state index contributed by atoms with van der Waals surface area (Å²) in [6.45, 7) is 2.68. The highest BCUT2D eigenvalue weighted by molar-refractivity contribution is 6.02. The number of amides is 1. The molecule has 0 aromatic carbocycles. The lowest BCUT2D eigenvalue weighted by Gasteiger charge is -2.08. The molecule has 0 unspecified atom stereocenters. The van der Waals surface area contributed by atoms with Gasteiger partial charge in [0, 0.05) is 24.9 Å². The molecule has 0 saturated heterocycles. The molecule has 3 heterocycles. The number of aryl methyl sites for hydroxylation is 1. The predicted octanol–water partition coefficient (Wildman–Crippen LogP) is 2.68. The molecule has 1 fully saturated rings. The maximum Gasteiger partial charge on any atom is 0.275 e. The van der Waals surface area contributed by atoms with Gasteiger partial charge >= 0.3 is 0 Å². The van der Waals surface area contributed by atoms with Gasteiger partial charge in [-0.05, 0) is 38.0 Å². The van der Waals surface area contributed by atoms with Crippen LogP contribution in [0.15, 0.2) is 36.7 Å². The van der Waals surface area contributed by atoms with E-state index in [0.29, 0.717) is 24.0 Å². The lowest BCUT2D eigenvalue weighted by atomic mass is 10.2. The van der Waals surface area contributed by atoms with Gasteiger partial charge in [-0.3, -0.25) is 13.9 Å². The number of nitrogens with one attached hydrogen (secondary N) is 1. The first-order valence-electron chi connectivity index (χ1n) is 7.57. The van der Waals surface area contributed by atoms with Crippen molar-refractivity contribution in [2.75, 3.05) is 5.32 Å². The third-order valence-corrected chi connectivity index (χ3v) is 4.00. The summed E-state index contributed by atoms with van der Waals surface area (Å²) in [7, 11) is 0. The molecular formula is C16H17N5O. The van der Waals surface area contributed by atoms with Crippen molar-refractivity contribution < 1.29 is 4.79 Å². The molecule has 0 aliphatic heterocycles. The number of carbonyl (C=O) groups is 1. The van der Waals surface area contributed by atoms with Gasteiger partial charge in [0.1, 0.15) is 17.2 Å². The molecule has 4 rings (SSSR count). The number of hydrogen-bond acceptors (Lipinski definition) is 3. The smallest absolute Gasteiger partial charge is 0.275 e. The van der Waals surface area contributed by atoms with Crippen molar-refractivity contribution in [1.29, 1.82) is 0 Å². The highest BCUT2D eigenvalue weighted by Crippen LogP contribution is 2.39. The summed E-state index contributed by atoms with van der Waals surface area (Å²) >= 11 is 0. The number of imidazole rings is 1. The Labute approximate surface area is 127 Å².